The number of hydrogen-bond donors (Lipinski definition) is 1. The zero-order chi connectivity index (χ0) is 16.2. The molecule has 3 nitrogen and oxygen atoms in total. The Labute approximate surface area is 136 Å². The van der Waals surface area contributed by atoms with Crippen LogP contribution < -0.4 is 5.46 Å². The van der Waals surface area contributed by atoms with Crippen molar-refractivity contribution in [3.63, 3.8) is 0 Å². The van der Waals surface area contributed by atoms with Gasteiger partial charge in [-0.25, -0.2) is 4.98 Å². The maximum absolute atomic E-state index is 10.1. The van der Waals surface area contributed by atoms with Gasteiger partial charge in [0, 0.05) is 10.9 Å². The largest absolute Gasteiger partial charge is 0.427 e. The Morgan fingerprint density at radius 1 is 1.14 bits per heavy atom. The van der Waals surface area contributed by atoms with Crippen LogP contribution >= 0.6 is 11.3 Å². The lowest BCUT2D eigenvalue weighted by atomic mass is 9.82. The van der Waals surface area contributed by atoms with E-state index in [1.165, 1.54) is 11.3 Å². The molecule has 1 aromatic carbocycles. The van der Waals surface area contributed by atoms with Gasteiger partial charge in [0.2, 0.25) is 0 Å². The summed E-state index contributed by atoms with van der Waals surface area (Å²) in [6.45, 7) is 7.18. The van der Waals surface area contributed by atoms with Gasteiger partial charge in [-0.05, 0) is 45.7 Å². The van der Waals surface area contributed by atoms with E-state index in [0.717, 1.165) is 16.7 Å². The van der Waals surface area contributed by atoms with Gasteiger partial charge in [-0.3, -0.25) is 0 Å². The summed E-state index contributed by atoms with van der Waals surface area (Å²) in [5, 5.41) is 12.0. The van der Waals surface area contributed by atoms with Gasteiger partial charge >= 0.3 is 7.48 Å². The number of thiazole rings is 1. The molecule has 1 aromatic heterocycles. The highest BCUT2D eigenvalue weighted by atomic mass is 32.1. The second-order valence-electron chi connectivity index (χ2n) is 6.05. The highest BCUT2D eigenvalue weighted by molar-refractivity contribution is 7.07. The van der Waals surface area contributed by atoms with Crippen LogP contribution in [0, 0.1) is 11.8 Å². The fourth-order valence-electron chi connectivity index (χ4n) is 1.42. The summed E-state index contributed by atoms with van der Waals surface area (Å²) in [6.07, 6.45) is 0. The van der Waals surface area contributed by atoms with Gasteiger partial charge in [0.1, 0.15) is 5.69 Å². The molecule has 2 rings (SSSR count). The first-order valence-electron chi connectivity index (χ1n) is 7.02. The van der Waals surface area contributed by atoms with Crippen LogP contribution in [0.2, 0.25) is 0 Å². The number of rotatable bonds is 4. The molecule has 0 aliphatic rings. The van der Waals surface area contributed by atoms with Crippen LogP contribution in [0.15, 0.2) is 35.2 Å². The number of benzene rings is 1. The fourth-order valence-corrected chi connectivity index (χ4v) is 1.90. The topological polar surface area (TPSA) is 42.4 Å². The molecule has 22 heavy (non-hydrogen) atoms. The molecule has 1 radical (unpaired) electrons. The molecule has 2 aromatic rings. The average molecular weight is 312 g/mol. The van der Waals surface area contributed by atoms with Crippen molar-refractivity contribution in [2.75, 3.05) is 0 Å². The molecule has 1 N–H and O–H groups in total. The minimum atomic E-state index is -0.928. The normalized spacial score (nSPS) is 11.7. The number of aromatic nitrogens is 1. The summed E-state index contributed by atoms with van der Waals surface area (Å²) < 4.78 is 5.72. The summed E-state index contributed by atoms with van der Waals surface area (Å²) in [7, 11) is 1.66. The second-order valence-corrected chi connectivity index (χ2v) is 6.77. The van der Waals surface area contributed by atoms with Crippen LogP contribution in [0.4, 0.5) is 0 Å². The number of hydrogen-bond acceptors (Lipinski definition) is 4. The van der Waals surface area contributed by atoms with E-state index in [1.807, 2.05) is 43.5 Å². The van der Waals surface area contributed by atoms with E-state index in [-0.39, 0.29) is 0 Å². The van der Waals surface area contributed by atoms with Crippen molar-refractivity contribution in [3.8, 4) is 11.8 Å². The summed E-state index contributed by atoms with van der Waals surface area (Å²) >= 11 is 1.53. The number of nitrogens with zero attached hydrogens (tertiary/aromatic N) is 1. The molecule has 1 heterocycles. The summed E-state index contributed by atoms with van der Waals surface area (Å²) in [4.78, 5) is 4.12. The molecule has 0 unspecified atom stereocenters. The molecule has 0 fully saturated rings. The molecule has 0 spiro atoms. The lowest BCUT2D eigenvalue weighted by Crippen LogP contribution is -2.49. The Hall–Kier alpha value is -1.61. The Morgan fingerprint density at radius 2 is 1.82 bits per heavy atom. The first-order valence-corrected chi connectivity index (χ1v) is 7.96. The van der Waals surface area contributed by atoms with Crippen molar-refractivity contribution in [1.82, 2.24) is 4.98 Å². The van der Waals surface area contributed by atoms with Crippen LogP contribution in [0.25, 0.3) is 0 Å². The number of aliphatic hydroxyl groups is 1. The molecule has 113 valence electrons. The standard InChI is InChI=1S/C17H19BNO2S/c1-16(2,20)17(3,4)21-18-14-8-5-13(6-9-14)7-10-15-11-22-12-19-15/h5-6,8-9,11-12,20H,1-4H3. The maximum Gasteiger partial charge on any atom is 0.330 e. The van der Waals surface area contributed by atoms with E-state index in [1.54, 1.807) is 26.8 Å². The summed E-state index contributed by atoms with van der Waals surface area (Å²) in [6, 6.07) is 7.74. The highest BCUT2D eigenvalue weighted by Crippen LogP contribution is 2.24. The van der Waals surface area contributed by atoms with Gasteiger partial charge in [-0.15, -0.1) is 11.3 Å². The van der Waals surface area contributed by atoms with E-state index in [4.69, 9.17) is 4.65 Å². The van der Waals surface area contributed by atoms with Crippen LogP contribution in [0.5, 0.6) is 0 Å². The first kappa shape index (κ1) is 16.8. The summed E-state index contributed by atoms with van der Waals surface area (Å²) in [5.74, 6) is 6.08. The van der Waals surface area contributed by atoms with E-state index >= 15 is 0 Å². The van der Waals surface area contributed by atoms with E-state index in [0.29, 0.717) is 0 Å². The average Bonchev–Trinajstić information content (AvgIpc) is 2.96. The third-order valence-electron chi connectivity index (χ3n) is 3.64. The third kappa shape index (κ3) is 4.44. The van der Waals surface area contributed by atoms with Crippen LogP contribution in [-0.2, 0) is 4.65 Å². The highest BCUT2D eigenvalue weighted by Gasteiger charge is 2.35. The molecular weight excluding hydrogens is 293 g/mol. The summed E-state index contributed by atoms with van der Waals surface area (Å²) in [5.41, 5.74) is 2.81. The smallest absolute Gasteiger partial charge is 0.330 e. The zero-order valence-corrected chi connectivity index (χ0v) is 14.1. The van der Waals surface area contributed by atoms with Crippen LogP contribution in [-0.4, -0.2) is 28.8 Å². The van der Waals surface area contributed by atoms with Gasteiger partial charge in [-0.1, -0.05) is 23.5 Å². The molecule has 0 aliphatic carbocycles. The molecule has 5 heteroatoms. The van der Waals surface area contributed by atoms with Crippen molar-refractivity contribution < 1.29 is 9.76 Å². The van der Waals surface area contributed by atoms with Gasteiger partial charge < -0.3 is 9.76 Å². The minimum Gasteiger partial charge on any atom is -0.427 e. The molecule has 0 atom stereocenters. The van der Waals surface area contributed by atoms with Gasteiger partial charge in [0.25, 0.3) is 0 Å². The van der Waals surface area contributed by atoms with Crippen molar-refractivity contribution in [2.24, 2.45) is 0 Å². The first-order chi connectivity index (χ1) is 10.3. The van der Waals surface area contributed by atoms with E-state index in [9.17, 15) is 5.11 Å². The Morgan fingerprint density at radius 3 is 2.36 bits per heavy atom. The van der Waals surface area contributed by atoms with E-state index < -0.39 is 11.2 Å². The second kappa shape index (κ2) is 6.66. The molecule has 0 amide bonds. The van der Waals surface area contributed by atoms with Crippen LogP contribution in [0.1, 0.15) is 39.0 Å². The Kier molecular flexibility index (Phi) is 5.07. The molecular formula is C17H19BNO2S. The van der Waals surface area contributed by atoms with Gasteiger partial charge in [0.15, 0.2) is 0 Å². The van der Waals surface area contributed by atoms with Gasteiger partial charge in [-0.2, -0.15) is 0 Å². The predicted molar refractivity (Wildman–Crippen MR) is 91.4 cm³/mol. The van der Waals surface area contributed by atoms with Crippen molar-refractivity contribution >= 4 is 24.3 Å². The SMILES string of the molecule is CC(C)(O)C(C)(C)O[B]c1ccc(C#Cc2cscn2)cc1. The van der Waals surface area contributed by atoms with Crippen LogP contribution in [0.3, 0.4) is 0 Å². The lowest BCUT2D eigenvalue weighted by molar-refractivity contribution is -0.0893. The minimum absolute atomic E-state index is 0.671. The van der Waals surface area contributed by atoms with Crippen molar-refractivity contribution in [2.45, 2.75) is 38.9 Å². The maximum atomic E-state index is 10.1. The molecule has 0 bridgehead atoms. The third-order valence-corrected chi connectivity index (χ3v) is 4.23. The fraction of sp³-hybridized carbons (Fsp3) is 0.353. The van der Waals surface area contributed by atoms with Crippen molar-refractivity contribution in [3.05, 3.63) is 46.4 Å². The molecule has 0 saturated heterocycles. The molecule has 0 aliphatic heterocycles. The molecule has 0 saturated carbocycles. The predicted octanol–water partition coefficient (Wildman–Crippen LogP) is 2.35. The Balaban J connectivity index is 1.98. The Bertz CT molecular complexity index is 661. The van der Waals surface area contributed by atoms with E-state index in [2.05, 4.69) is 16.8 Å². The lowest BCUT2D eigenvalue weighted by Gasteiger charge is -2.37. The van der Waals surface area contributed by atoms with Gasteiger partial charge in [0.05, 0.1) is 16.7 Å². The van der Waals surface area contributed by atoms with Crippen molar-refractivity contribution in [1.29, 1.82) is 0 Å². The zero-order valence-electron chi connectivity index (χ0n) is 13.3. The quantitative estimate of drug-likeness (QED) is 0.696. The monoisotopic (exact) mass is 312 g/mol.